The van der Waals surface area contributed by atoms with Crippen LogP contribution in [0.1, 0.15) is 13.8 Å². The van der Waals surface area contributed by atoms with E-state index in [0.717, 1.165) is 0 Å². The number of rotatable bonds is 5. The number of amides is 1. The van der Waals surface area contributed by atoms with E-state index < -0.39 is 16.8 Å². The third-order valence-corrected chi connectivity index (χ3v) is 1.90. The molecule has 7 nitrogen and oxygen atoms in total. The van der Waals surface area contributed by atoms with E-state index in [1.807, 2.05) is 0 Å². The van der Waals surface area contributed by atoms with Gasteiger partial charge in [0.15, 0.2) is 0 Å². The maximum Gasteiger partial charge on any atom is 0.325 e. The highest BCUT2D eigenvalue weighted by molar-refractivity contribution is 5.98. The molecule has 0 saturated carbocycles. The monoisotopic (exact) mass is 242 g/mol. The Morgan fingerprint density at radius 2 is 1.94 bits per heavy atom. The molecule has 0 saturated heterocycles. The Kier molecular flexibility index (Phi) is 6.24. The molecule has 0 aliphatic carbocycles. The van der Waals surface area contributed by atoms with E-state index in [0.29, 0.717) is 0 Å². The van der Waals surface area contributed by atoms with Gasteiger partial charge in [-0.3, -0.25) is 19.7 Å². The van der Waals surface area contributed by atoms with Crippen LogP contribution in [-0.4, -0.2) is 30.5 Å². The van der Waals surface area contributed by atoms with Crippen molar-refractivity contribution in [3.05, 3.63) is 33.5 Å². The van der Waals surface area contributed by atoms with E-state index in [-0.39, 0.29) is 17.8 Å². The number of methoxy groups -OCH3 is 1. The standard InChI is InChI=1S/C10H14N2O5/c1-4-7(8(5-2)12(15)16)10(14)11-6-9(13)17-3/h4-5H,6H2,1-3H3,(H,11,14). The number of ether oxygens (including phenoxy) is 1. The average Bonchev–Trinajstić information content (AvgIpc) is 2.31. The molecular formula is C10H14N2O5. The lowest BCUT2D eigenvalue weighted by atomic mass is 10.1. The largest absolute Gasteiger partial charge is 0.468 e. The lowest BCUT2D eigenvalue weighted by molar-refractivity contribution is -0.420. The summed E-state index contributed by atoms with van der Waals surface area (Å²) >= 11 is 0. The number of allylic oxidation sites excluding steroid dienone is 2. The number of hydrogen-bond acceptors (Lipinski definition) is 5. The molecule has 0 rings (SSSR count). The Balaban J connectivity index is 4.75. The molecule has 1 amide bonds. The summed E-state index contributed by atoms with van der Waals surface area (Å²) in [6, 6.07) is 0. The van der Waals surface area contributed by atoms with Crippen molar-refractivity contribution in [2.75, 3.05) is 13.7 Å². The number of carbonyl (C=O) groups excluding carboxylic acids is 2. The normalized spacial score (nSPS) is 11.9. The SMILES string of the molecule is CC=C(C(=O)NCC(=O)OC)C(=CC)[N+](=O)[O-]. The molecule has 0 bridgehead atoms. The molecule has 0 atom stereocenters. The molecule has 0 heterocycles. The molecule has 94 valence electrons. The van der Waals surface area contributed by atoms with Gasteiger partial charge < -0.3 is 10.1 Å². The van der Waals surface area contributed by atoms with Crippen LogP contribution in [0.3, 0.4) is 0 Å². The van der Waals surface area contributed by atoms with Crippen LogP contribution < -0.4 is 5.32 Å². The van der Waals surface area contributed by atoms with E-state index in [4.69, 9.17) is 0 Å². The number of nitro groups is 1. The lowest BCUT2D eigenvalue weighted by Gasteiger charge is -2.05. The molecule has 0 spiro atoms. The zero-order chi connectivity index (χ0) is 13.4. The lowest BCUT2D eigenvalue weighted by Crippen LogP contribution is -2.32. The fourth-order valence-electron chi connectivity index (χ4n) is 1.07. The third-order valence-electron chi connectivity index (χ3n) is 1.90. The van der Waals surface area contributed by atoms with Crippen LogP contribution in [0.2, 0.25) is 0 Å². The molecule has 7 heteroatoms. The van der Waals surface area contributed by atoms with Crippen LogP contribution in [0.25, 0.3) is 0 Å². The first-order valence-corrected chi connectivity index (χ1v) is 4.80. The fourth-order valence-corrected chi connectivity index (χ4v) is 1.07. The van der Waals surface area contributed by atoms with Crippen molar-refractivity contribution >= 4 is 11.9 Å². The van der Waals surface area contributed by atoms with E-state index in [1.54, 1.807) is 0 Å². The average molecular weight is 242 g/mol. The highest BCUT2D eigenvalue weighted by atomic mass is 16.6. The summed E-state index contributed by atoms with van der Waals surface area (Å²) in [6.45, 7) is 2.62. The maximum atomic E-state index is 11.6. The van der Waals surface area contributed by atoms with Crippen molar-refractivity contribution in [3.8, 4) is 0 Å². The Morgan fingerprint density at radius 1 is 1.35 bits per heavy atom. The minimum Gasteiger partial charge on any atom is -0.468 e. The van der Waals surface area contributed by atoms with Gasteiger partial charge in [-0.1, -0.05) is 6.08 Å². The second-order valence-electron chi connectivity index (χ2n) is 2.89. The van der Waals surface area contributed by atoms with Gasteiger partial charge in [0.05, 0.1) is 12.0 Å². The van der Waals surface area contributed by atoms with Crippen molar-refractivity contribution in [3.63, 3.8) is 0 Å². The van der Waals surface area contributed by atoms with Crippen LogP contribution in [0, 0.1) is 10.1 Å². The van der Waals surface area contributed by atoms with E-state index in [2.05, 4.69) is 10.1 Å². The van der Waals surface area contributed by atoms with Gasteiger partial charge in [-0.05, 0) is 19.9 Å². The molecule has 0 fully saturated rings. The van der Waals surface area contributed by atoms with Crippen molar-refractivity contribution in [1.82, 2.24) is 5.32 Å². The molecule has 0 aromatic carbocycles. The minimum atomic E-state index is -0.692. The van der Waals surface area contributed by atoms with Gasteiger partial charge in [0.25, 0.3) is 11.6 Å². The number of hydrogen-bond donors (Lipinski definition) is 1. The fraction of sp³-hybridized carbons (Fsp3) is 0.400. The van der Waals surface area contributed by atoms with Gasteiger partial charge in [-0.25, -0.2) is 0 Å². The number of nitrogens with one attached hydrogen (secondary N) is 1. The summed E-state index contributed by atoms with van der Waals surface area (Å²) < 4.78 is 4.33. The highest BCUT2D eigenvalue weighted by Gasteiger charge is 2.22. The predicted octanol–water partition coefficient (Wildman–Crippen LogP) is 0.402. The van der Waals surface area contributed by atoms with Crippen molar-refractivity contribution < 1.29 is 19.2 Å². The number of nitrogens with zero attached hydrogens (tertiary/aromatic N) is 1. The molecular weight excluding hydrogens is 228 g/mol. The quantitative estimate of drug-likeness (QED) is 0.247. The molecule has 17 heavy (non-hydrogen) atoms. The third kappa shape index (κ3) is 4.45. The molecule has 0 aliphatic rings. The van der Waals surface area contributed by atoms with Crippen LogP contribution >= 0.6 is 0 Å². The first kappa shape index (κ1) is 14.8. The van der Waals surface area contributed by atoms with Gasteiger partial charge in [0.1, 0.15) is 12.1 Å². The first-order valence-electron chi connectivity index (χ1n) is 4.80. The van der Waals surface area contributed by atoms with E-state index >= 15 is 0 Å². The second-order valence-corrected chi connectivity index (χ2v) is 2.89. The zero-order valence-electron chi connectivity index (χ0n) is 9.85. The summed E-state index contributed by atoms with van der Waals surface area (Å²) in [5, 5.41) is 12.9. The van der Waals surface area contributed by atoms with Crippen LogP contribution in [0.5, 0.6) is 0 Å². The Labute approximate surface area is 98.3 Å². The summed E-state index contributed by atoms with van der Waals surface area (Å²) in [5.74, 6) is -1.32. The van der Waals surface area contributed by atoms with Crippen LogP contribution in [0.15, 0.2) is 23.4 Å². The molecule has 0 aromatic rings. The Bertz CT molecular complexity index is 384. The molecule has 0 aromatic heterocycles. The number of esters is 1. The molecule has 0 aliphatic heterocycles. The smallest absolute Gasteiger partial charge is 0.325 e. The van der Waals surface area contributed by atoms with E-state index in [1.165, 1.54) is 33.1 Å². The molecule has 1 N–H and O–H groups in total. The topological polar surface area (TPSA) is 98.5 Å². The van der Waals surface area contributed by atoms with Gasteiger partial charge >= 0.3 is 5.97 Å². The molecule has 0 unspecified atom stereocenters. The summed E-state index contributed by atoms with van der Waals surface area (Å²) in [4.78, 5) is 32.4. The highest BCUT2D eigenvalue weighted by Crippen LogP contribution is 2.10. The van der Waals surface area contributed by atoms with Gasteiger partial charge in [0, 0.05) is 0 Å². The summed E-state index contributed by atoms with van der Waals surface area (Å²) in [6.07, 6.45) is 2.53. The minimum absolute atomic E-state index is 0.0959. The summed E-state index contributed by atoms with van der Waals surface area (Å²) in [5.41, 5.74) is -0.406. The zero-order valence-corrected chi connectivity index (χ0v) is 9.85. The summed E-state index contributed by atoms with van der Waals surface area (Å²) in [7, 11) is 1.18. The van der Waals surface area contributed by atoms with Crippen LogP contribution in [0.4, 0.5) is 0 Å². The van der Waals surface area contributed by atoms with Gasteiger partial charge in [-0.2, -0.15) is 0 Å². The van der Waals surface area contributed by atoms with Gasteiger partial charge in [-0.15, -0.1) is 0 Å². The van der Waals surface area contributed by atoms with Crippen molar-refractivity contribution in [1.29, 1.82) is 0 Å². The van der Waals surface area contributed by atoms with Crippen molar-refractivity contribution in [2.45, 2.75) is 13.8 Å². The van der Waals surface area contributed by atoms with Crippen LogP contribution in [-0.2, 0) is 14.3 Å². The van der Waals surface area contributed by atoms with Gasteiger partial charge in [0.2, 0.25) is 0 Å². The maximum absolute atomic E-state index is 11.6. The van der Waals surface area contributed by atoms with Crippen molar-refractivity contribution in [2.24, 2.45) is 0 Å². The second kappa shape index (κ2) is 7.15. The van der Waals surface area contributed by atoms with E-state index in [9.17, 15) is 19.7 Å². The first-order chi connectivity index (χ1) is 7.97. The predicted molar refractivity (Wildman–Crippen MR) is 59.5 cm³/mol. The Hall–Kier alpha value is -2.18. The number of carbonyl (C=O) groups is 2. The Morgan fingerprint density at radius 3 is 2.29 bits per heavy atom. The molecule has 0 radical (unpaired) electrons.